The maximum absolute atomic E-state index is 13.1. The Balaban J connectivity index is 1.17. The fourth-order valence-corrected chi connectivity index (χ4v) is 4.47. The minimum atomic E-state index is -0.0686. The van der Waals surface area contributed by atoms with Crippen LogP contribution in [0, 0.1) is 5.92 Å². The van der Waals surface area contributed by atoms with Crippen LogP contribution in [-0.4, -0.2) is 78.2 Å². The molecule has 0 spiro atoms. The standard InChI is InChI=1S/C28H31N5O3/c1-36-24-9-5-8-23(18-24)25-12-13-26(30-29-25)31-14-16-32(17-15-31)27(34)20-33(19-21-10-11-21)28(35)22-6-3-2-4-7-22/h2-9,12-13,18,21H,10-11,14-17,19-20H2,1H3. The van der Waals surface area contributed by atoms with Crippen molar-refractivity contribution in [3.8, 4) is 17.0 Å². The van der Waals surface area contributed by atoms with Gasteiger partial charge in [-0.05, 0) is 55.2 Å². The van der Waals surface area contributed by atoms with Crippen molar-refractivity contribution in [3.63, 3.8) is 0 Å². The van der Waals surface area contributed by atoms with Gasteiger partial charge in [0.05, 0.1) is 12.8 Å². The first kappa shape index (κ1) is 23.8. The molecule has 36 heavy (non-hydrogen) atoms. The molecule has 1 aliphatic carbocycles. The Labute approximate surface area is 211 Å². The normalized spacial score (nSPS) is 15.5. The van der Waals surface area contributed by atoms with Gasteiger partial charge in [-0.25, -0.2) is 0 Å². The molecule has 2 aromatic carbocycles. The lowest BCUT2D eigenvalue weighted by Gasteiger charge is -2.36. The summed E-state index contributed by atoms with van der Waals surface area (Å²) in [6.07, 6.45) is 2.26. The van der Waals surface area contributed by atoms with Crippen LogP contribution in [0.1, 0.15) is 23.2 Å². The highest BCUT2D eigenvalue weighted by molar-refractivity contribution is 5.96. The van der Waals surface area contributed by atoms with E-state index < -0.39 is 0 Å². The number of methoxy groups -OCH3 is 1. The summed E-state index contributed by atoms with van der Waals surface area (Å²) in [5.74, 6) is 2.02. The molecular formula is C28H31N5O3. The number of carbonyl (C=O) groups excluding carboxylic acids is 2. The van der Waals surface area contributed by atoms with E-state index in [1.807, 2.05) is 71.6 Å². The van der Waals surface area contributed by atoms with E-state index in [-0.39, 0.29) is 18.4 Å². The number of aromatic nitrogens is 2. The number of anilines is 1. The van der Waals surface area contributed by atoms with Gasteiger partial charge < -0.3 is 19.4 Å². The highest BCUT2D eigenvalue weighted by Gasteiger charge is 2.30. The van der Waals surface area contributed by atoms with Crippen molar-refractivity contribution in [1.82, 2.24) is 20.0 Å². The SMILES string of the molecule is COc1cccc(-c2ccc(N3CCN(C(=O)CN(CC4CC4)C(=O)c4ccccc4)CC3)nn2)c1. The third kappa shape index (κ3) is 5.64. The summed E-state index contributed by atoms with van der Waals surface area (Å²) in [6, 6.07) is 20.9. The summed E-state index contributed by atoms with van der Waals surface area (Å²) in [7, 11) is 1.64. The number of piperazine rings is 1. The Morgan fingerprint density at radius 2 is 1.72 bits per heavy atom. The molecule has 0 unspecified atom stereocenters. The average Bonchev–Trinajstić information content (AvgIpc) is 3.77. The van der Waals surface area contributed by atoms with E-state index in [4.69, 9.17) is 4.74 Å². The van der Waals surface area contributed by atoms with Gasteiger partial charge in [-0.3, -0.25) is 9.59 Å². The van der Waals surface area contributed by atoms with E-state index in [9.17, 15) is 9.59 Å². The van der Waals surface area contributed by atoms with Crippen LogP contribution in [0.3, 0.4) is 0 Å². The molecule has 2 heterocycles. The average molecular weight is 486 g/mol. The largest absolute Gasteiger partial charge is 0.497 e. The van der Waals surface area contributed by atoms with Gasteiger partial charge in [0.2, 0.25) is 5.91 Å². The third-order valence-corrected chi connectivity index (χ3v) is 6.78. The summed E-state index contributed by atoms with van der Waals surface area (Å²) in [4.78, 5) is 31.9. The maximum Gasteiger partial charge on any atom is 0.254 e. The summed E-state index contributed by atoms with van der Waals surface area (Å²) >= 11 is 0. The van der Waals surface area contributed by atoms with Crippen molar-refractivity contribution in [1.29, 1.82) is 0 Å². The van der Waals surface area contributed by atoms with Crippen LogP contribution in [0.2, 0.25) is 0 Å². The minimum absolute atomic E-state index is 0.000891. The first-order valence-electron chi connectivity index (χ1n) is 12.5. The molecule has 3 aromatic rings. The van der Waals surface area contributed by atoms with Gasteiger partial charge in [-0.1, -0.05) is 30.3 Å². The minimum Gasteiger partial charge on any atom is -0.497 e. The van der Waals surface area contributed by atoms with Crippen LogP contribution in [0.5, 0.6) is 5.75 Å². The number of hydrogen-bond acceptors (Lipinski definition) is 6. The van der Waals surface area contributed by atoms with Gasteiger partial charge in [0, 0.05) is 43.9 Å². The Morgan fingerprint density at radius 1 is 0.944 bits per heavy atom. The number of rotatable bonds is 8. The molecule has 8 nitrogen and oxygen atoms in total. The molecule has 2 amide bonds. The number of benzene rings is 2. The molecule has 1 saturated heterocycles. The van der Waals surface area contributed by atoms with E-state index >= 15 is 0 Å². The monoisotopic (exact) mass is 485 g/mol. The second-order valence-corrected chi connectivity index (χ2v) is 9.37. The number of nitrogens with zero attached hydrogens (tertiary/aromatic N) is 5. The van der Waals surface area contributed by atoms with E-state index in [2.05, 4.69) is 15.1 Å². The Hall–Kier alpha value is -3.94. The summed E-state index contributed by atoms with van der Waals surface area (Å²) in [6.45, 7) is 3.31. The lowest BCUT2D eigenvalue weighted by atomic mass is 10.1. The quantitative estimate of drug-likeness (QED) is 0.487. The highest BCUT2D eigenvalue weighted by atomic mass is 16.5. The molecular weight excluding hydrogens is 454 g/mol. The van der Waals surface area contributed by atoms with Crippen molar-refractivity contribution >= 4 is 17.6 Å². The van der Waals surface area contributed by atoms with E-state index in [0.29, 0.717) is 44.2 Å². The van der Waals surface area contributed by atoms with Crippen LogP contribution in [0.15, 0.2) is 66.7 Å². The van der Waals surface area contributed by atoms with Crippen molar-refractivity contribution < 1.29 is 14.3 Å². The van der Waals surface area contributed by atoms with E-state index in [1.54, 1.807) is 12.0 Å². The zero-order valence-electron chi connectivity index (χ0n) is 20.5. The fraction of sp³-hybridized carbons (Fsp3) is 0.357. The fourth-order valence-electron chi connectivity index (χ4n) is 4.47. The molecule has 5 rings (SSSR count). The van der Waals surface area contributed by atoms with E-state index in [0.717, 1.165) is 35.7 Å². The predicted octanol–water partition coefficient (Wildman–Crippen LogP) is 3.35. The van der Waals surface area contributed by atoms with Crippen molar-refractivity contribution in [3.05, 3.63) is 72.3 Å². The topological polar surface area (TPSA) is 78.9 Å². The molecule has 2 aliphatic rings. The molecule has 2 fully saturated rings. The summed E-state index contributed by atoms with van der Waals surface area (Å²) in [5, 5.41) is 8.83. The zero-order chi connectivity index (χ0) is 24.9. The van der Waals surface area contributed by atoms with E-state index in [1.165, 1.54) is 0 Å². The van der Waals surface area contributed by atoms with Crippen LogP contribution >= 0.6 is 0 Å². The lowest BCUT2D eigenvalue weighted by molar-refractivity contribution is -0.132. The molecule has 0 atom stereocenters. The first-order chi connectivity index (χ1) is 17.6. The van der Waals surface area contributed by atoms with Gasteiger partial charge in [0.15, 0.2) is 5.82 Å². The van der Waals surface area contributed by atoms with Gasteiger partial charge >= 0.3 is 0 Å². The number of hydrogen-bond donors (Lipinski definition) is 0. The second-order valence-electron chi connectivity index (χ2n) is 9.37. The Morgan fingerprint density at radius 3 is 2.39 bits per heavy atom. The Bertz CT molecular complexity index is 1190. The maximum atomic E-state index is 13.1. The molecule has 8 heteroatoms. The molecule has 0 bridgehead atoms. The number of ether oxygens (including phenoxy) is 1. The first-order valence-corrected chi connectivity index (χ1v) is 12.5. The zero-order valence-corrected chi connectivity index (χ0v) is 20.5. The highest BCUT2D eigenvalue weighted by Crippen LogP contribution is 2.30. The van der Waals surface area contributed by atoms with Crippen molar-refractivity contribution in [2.24, 2.45) is 5.92 Å². The number of carbonyl (C=O) groups is 2. The number of amides is 2. The van der Waals surface area contributed by atoms with Crippen molar-refractivity contribution in [2.45, 2.75) is 12.8 Å². The molecule has 186 valence electrons. The van der Waals surface area contributed by atoms with Crippen LogP contribution in [0.4, 0.5) is 5.82 Å². The van der Waals surface area contributed by atoms with Gasteiger partial charge in [0.1, 0.15) is 12.3 Å². The van der Waals surface area contributed by atoms with Gasteiger partial charge in [-0.2, -0.15) is 0 Å². The smallest absolute Gasteiger partial charge is 0.254 e. The Kier molecular flexibility index (Phi) is 7.11. The van der Waals surface area contributed by atoms with Crippen LogP contribution in [0.25, 0.3) is 11.3 Å². The predicted molar refractivity (Wildman–Crippen MR) is 138 cm³/mol. The van der Waals surface area contributed by atoms with Crippen LogP contribution < -0.4 is 9.64 Å². The second kappa shape index (κ2) is 10.8. The summed E-state index contributed by atoms with van der Waals surface area (Å²) < 4.78 is 5.30. The summed E-state index contributed by atoms with van der Waals surface area (Å²) in [5.41, 5.74) is 2.36. The molecule has 0 radical (unpaired) electrons. The third-order valence-electron chi connectivity index (χ3n) is 6.78. The lowest BCUT2D eigenvalue weighted by Crippen LogP contribution is -2.52. The van der Waals surface area contributed by atoms with Gasteiger partial charge in [0.25, 0.3) is 5.91 Å². The van der Waals surface area contributed by atoms with Crippen LogP contribution in [-0.2, 0) is 4.79 Å². The molecule has 1 saturated carbocycles. The van der Waals surface area contributed by atoms with Crippen molar-refractivity contribution in [2.75, 3.05) is 51.3 Å². The molecule has 1 aliphatic heterocycles. The molecule has 1 aromatic heterocycles. The molecule has 0 N–H and O–H groups in total. The van der Waals surface area contributed by atoms with Gasteiger partial charge in [-0.15, -0.1) is 10.2 Å².